The predicted molar refractivity (Wildman–Crippen MR) is 46.4 cm³/mol. The fourth-order valence-electron chi connectivity index (χ4n) is 0.713. The molecule has 0 aliphatic rings. The monoisotopic (exact) mass is 240 g/mol. The van der Waals surface area contributed by atoms with E-state index >= 15 is 0 Å². The first kappa shape index (κ1) is 13.8. The SMILES string of the molecule is O=Cc1ccc(S(=O)(=O)[S-])cc1.[K+]. The fourth-order valence-corrected chi connectivity index (χ4v) is 1.52. The topological polar surface area (TPSA) is 51.2 Å². The molecule has 0 amide bonds. The summed E-state index contributed by atoms with van der Waals surface area (Å²) in [6, 6.07) is 5.44. The molecule has 0 heterocycles. The molecule has 1 aromatic carbocycles. The molecule has 0 atom stereocenters. The van der Waals surface area contributed by atoms with Gasteiger partial charge in [0.05, 0.1) is 8.87 Å². The van der Waals surface area contributed by atoms with Crippen LogP contribution >= 0.6 is 0 Å². The standard InChI is InChI=1S/C7H6O3S2.K/c8-5-6-1-3-7(4-2-6)12(9,10)11;/h1-5H,(H,9,10,11);/q;+1/p-1. The van der Waals surface area contributed by atoms with E-state index in [1.54, 1.807) is 0 Å². The molecular weight excluding hydrogens is 235 g/mol. The van der Waals surface area contributed by atoms with E-state index in [1.165, 1.54) is 24.3 Å². The van der Waals surface area contributed by atoms with Crippen LogP contribution in [-0.4, -0.2) is 14.7 Å². The van der Waals surface area contributed by atoms with Crippen molar-refractivity contribution < 1.29 is 64.6 Å². The van der Waals surface area contributed by atoms with E-state index in [2.05, 4.69) is 11.7 Å². The van der Waals surface area contributed by atoms with Crippen molar-refractivity contribution in [3.8, 4) is 0 Å². The molecule has 0 fully saturated rings. The van der Waals surface area contributed by atoms with Gasteiger partial charge in [-0.15, -0.1) is 0 Å². The van der Waals surface area contributed by atoms with Crippen LogP contribution in [0.3, 0.4) is 0 Å². The van der Waals surface area contributed by atoms with E-state index in [4.69, 9.17) is 0 Å². The Kier molecular flexibility index (Phi) is 6.00. The van der Waals surface area contributed by atoms with Crippen LogP contribution in [-0.2, 0) is 20.5 Å². The van der Waals surface area contributed by atoms with E-state index in [9.17, 15) is 13.2 Å². The van der Waals surface area contributed by atoms with Gasteiger partial charge >= 0.3 is 51.4 Å². The van der Waals surface area contributed by atoms with Crippen LogP contribution in [0.25, 0.3) is 0 Å². The van der Waals surface area contributed by atoms with Crippen molar-refractivity contribution in [3.63, 3.8) is 0 Å². The molecule has 64 valence electrons. The Morgan fingerprint density at radius 3 is 1.92 bits per heavy atom. The Morgan fingerprint density at radius 1 is 1.15 bits per heavy atom. The first-order chi connectivity index (χ1) is 5.54. The first-order valence-electron chi connectivity index (χ1n) is 3.05. The Bertz CT molecular complexity index is 383. The Hall–Kier alpha value is 0.826. The molecule has 0 spiro atoms. The summed E-state index contributed by atoms with van der Waals surface area (Å²) in [6.45, 7) is 0. The van der Waals surface area contributed by atoms with Gasteiger partial charge in [0.2, 0.25) is 0 Å². The van der Waals surface area contributed by atoms with E-state index < -0.39 is 8.87 Å². The quantitative estimate of drug-likeness (QED) is 0.253. The van der Waals surface area contributed by atoms with Crippen LogP contribution in [0, 0.1) is 0 Å². The van der Waals surface area contributed by atoms with Crippen LogP contribution in [0.4, 0.5) is 0 Å². The maximum Gasteiger partial charge on any atom is 1.00 e. The second-order valence-electron chi connectivity index (χ2n) is 2.14. The number of carbonyl (C=O) groups is 1. The van der Waals surface area contributed by atoms with Crippen LogP contribution < -0.4 is 51.4 Å². The van der Waals surface area contributed by atoms with Gasteiger partial charge in [0, 0.05) is 10.5 Å². The summed E-state index contributed by atoms with van der Waals surface area (Å²) in [5, 5.41) is 0. The molecule has 3 nitrogen and oxygen atoms in total. The molecule has 0 aromatic heterocycles. The van der Waals surface area contributed by atoms with Crippen molar-refractivity contribution >= 4 is 26.8 Å². The smallest absolute Gasteiger partial charge is 0.644 e. The van der Waals surface area contributed by atoms with Crippen molar-refractivity contribution in [1.82, 2.24) is 0 Å². The average molecular weight is 240 g/mol. The van der Waals surface area contributed by atoms with Crippen LogP contribution in [0.2, 0.25) is 0 Å². The number of hydrogen-bond donors (Lipinski definition) is 0. The van der Waals surface area contributed by atoms with Gasteiger partial charge < -0.3 is 11.7 Å². The van der Waals surface area contributed by atoms with Gasteiger partial charge in [-0.1, -0.05) is 12.1 Å². The number of rotatable bonds is 2. The number of hydrogen-bond acceptors (Lipinski definition) is 4. The molecule has 1 rings (SSSR count). The average Bonchev–Trinajstić information content (AvgIpc) is 2.03. The molecule has 0 unspecified atom stereocenters. The number of carbonyl (C=O) groups excluding carboxylic acids is 1. The van der Waals surface area contributed by atoms with Gasteiger partial charge in [-0.05, 0) is 12.1 Å². The van der Waals surface area contributed by atoms with Crippen molar-refractivity contribution in [3.05, 3.63) is 29.8 Å². The van der Waals surface area contributed by atoms with Gasteiger partial charge in [0.15, 0.2) is 0 Å². The summed E-state index contributed by atoms with van der Waals surface area (Å²) in [4.78, 5) is 10.2. The third kappa shape index (κ3) is 4.24. The summed E-state index contributed by atoms with van der Waals surface area (Å²) in [7, 11) is -3.56. The van der Waals surface area contributed by atoms with Gasteiger partial charge in [-0.25, -0.2) is 8.42 Å². The van der Waals surface area contributed by atoms with Crippen molar-refractivity contribution in [1.29, 1.82) is 0 Å². The third-order valence-corrected chi connectivity index (χ3v) is 2.73. The van der Waals surface area contributed by atoms with Gasteiger partial charge in [0.25, 0.3) is 0 Å². The van der Waals surface area contributed by atoms with Crippen molar-refractivity contribution in [2.45, 2.75) is 4.90 Å². The zero-order valence-corrected chi connectivity index (χ0v) is 11.7. The Labute approximate surface area is 124 Å². The predicted octanol–water partition coefficient (Wildman–Crippen LogP) is -2.26. The normalized spacial score (nSPS) is 10.2. The molecule has 13 heavy (non-hydrogen) atoms. The summed E-state index contributed by atoms with van der Waals surface area (Å²) < 4.78 is 21.5. The molecule has 1 aromatic rings. The molecule has 6 heteroatoms. The minimum atomic E-state index is -3.56. The van der Waals surface area contributed by atoms with Crippen LogP contribution in [0.15, 0.2) is 29.2 Å². The summed E-state index contributed by atoms with van der Waals surface area (Å²) in [5.74, 6) is 0. The Balaban J connectivity index is 0.00000144. The number of benzene rings is 1. The molecule has 0 radical (unpaired) electrons. The van der Waals surface area contributed by atoms with E-state index in [0.717, 1.165) is 0 Å². The largest absolute Gasteiger partial charge is 1.00 e. The summed E-state index contributed by atoms with van der Waals surface area (Å²) in [5.41, 5.74) is 0.428. The molecule has 0 bridgehead atoms. The van der Waals surface area contributed by atoms with Gasteiger partial charge in [-0.3, -0.25) is 4.79 Å². The van der Waals surface area contributed by atoms with Crippen molar-refractivity contribution in [2.75, 3.05) is 0 Å². The minimum absolute atomic E-state index is 0. The second-order valence-corrected chi connectivity index (χ2v) is 4.84. The molecule has 0 N–H and O–H groups in total. The van der Waals surface area contributed by atoms with Gasteiger partial charge in [0.1, 0.15) is 6.29 Å². The van der Waals surface area contributed by atoms with Crippen molar-refractivity contribution in [2.24, 2.45) is 0 Å². The van der Waals surface area contributed by atoms with E-state index in [1.807, 2.05) is 0 Å². The maximum absolute atomic E-state index is 10.8. The first-order valence-corrected chi connectivity index (χ1v) is 5.46. The zero-order valence-electron chi connectivity index (χ0n) is 6.93. The summed E-state index contributed by atoms with van der Waals surface area (Å²) in [6.07, 6.45) is 0.639. The summed E-state index contributed by atoms with van der Waals surface area (Å²) >= 11 is 4.21. The molecule has 0 saturated heterocycles. The fraction of sp³-hybridized carbons (Fsp3) is 0. The van der Waals surface area contributed by atoms with E-state index in [0.29, 0.717) is 11.8 Å². The Morgan fingerprint density at radius 2 is 1.62 bits per heavy atom. The van der Waals surface area contributed by atoms with E-state index in [-0.39, 0.29) is 56.3 Å². The third-order valence-electron chi connectivity index (χ3n) is 1.30. The van der Waals surface area contributed by atoms with Gasteiger partial charge in [-0.2, -0.15) is 0 Å². The zero-order chi connectivity index (χ0) is 9.19. The van der Waals surface area contributed by atoms with Crippen LogP contribution in [0.1, 0.15) is 10.4 Å². The second kappa shape index (κ2) is 5.65. The van der Waals surface area contributed by atoms with Crippen LogP contribution in [0.5, 0.6) is 0 Å². The molecule has 0 saturated carbocycles. The minimum Gasteiger partial charge on any atom is -0.644 e. The molecule has 0 aliphatic carbocycles. The molecular formula is C7H5KO3S2. The molecule has 0 aliphatic heterocycles. The number of aldehydes is 1. The maximum atomic E-state index is 10.8.